The van der Waals surface area contributed by atoms with E-state index in [1.165, 1.54) is 0 Å². The van der Waals surface area contributed by atoms with E-state index in [4.69, 9.17) is 0 Å². The number of amides is 1. The van der Waals surface area contributed by atoms with Gasteiger partial charge in [-0.1, -0.05) is 20.8 Å². The van der Waals surface area contributed by atoms with Crippen LogP contribution in [-0.4, -0.2) is 17.2 Å². The van der Waals surface area contributed by atoms with Gasteiger partial charge in [0.25, 0.3) is 0 Å². The molecule has 1 amide bonds. The van der Waals surface area contributed by atoms with Crippen LogP contribution >= 0.6 is 12.6 Å². The molecule has 1 aliphatic carbocycles. The molecule has 2 nitrogen and oxygen atoms in total. The number of hydrogen-bond acceptors (Lipinski definition) is 2. The number of rotatable bonds is 5. The fraction of sp³-hybridized carbons (Fsp3) is 0.929. The maximum absolute atomic E-state index is 12.0. The van der Waals surface area contributed by atoms with Crippen LogP contribution in [0.4, 0.5) is 0 Å². The molecule has 0 aromatic heterocycles. The molecule has 100 valence electrons. The molecule has 0 atom stereocenters. The third-order valence-corrected chi connectivity index (χ3v) is 3.95. The van der Waals surface area contributed by atoms with Gasteiger partial charge in [0.1, 0.15) is 0 Å². The predicted octanol–water partition coefficient (Wildman–Crippen LogP) is 3.42. The van der Waals surface area contributed by atoms with Gasteiger partial charge < -0.3 is 5.32 Å². The summed E-state index contributed by atoms with van der Waals surface area (Å²) in [5.41, 5.74) is 0.324. The third kappa shape index (κ3) is 5.33. The summed E-state index contributed by atoms with van der Waals surface area (Å²) in [4.78, 5) is 12.0. The molecule has 17 heavy (non-hydrogen) atoms. The Balaban J connectivity index is 2.44. The smallest absolute Gasteiger partial charge is 0.220 e. The number of nitrogens with one attached hydrogen (secondary N) is 1. The van der Waals surface area contributed by atoms with Crippen molar-refractivity contribution in [1.29, 1.82) is 0 Å². The maximum Gasteiger partial charge on any atom is 0.220 e. The van der Waals surface area contributed by atoms with Gasteiger partial charge in [0.2, 0.25) is 5.91 Å². The monoisotopic (exact) mass is 257 g/mol. The SMILES string of the molecule is CC(C)(C)CC(C)(C)NC(=O)CC1(CS)CC1. The minimum absolute atomic E-state index is 0.123. The molecule has 0 heterocycles. The van der Waals surface area contributed by atoms with Gasteiger partial charge in [0.05, 0.1) is 0 Å². The van der Waals surface area contributed by atoms with Crippen LogP contribution in [0.25, 0.3) is 0 Å². The Morgan fingerprint density at radius 3 is 2.12 bits per heavy atom. The van der Waals surface area contributed by atoms with Gasteiger partial charge in [-0.2, -0.15) is 12.6 Å². The van der Waals surface area contributed by atoms with E-state index in [0.29, 0.717) is 6.42 Å². The topological polar surface area (TPSA) is 29.1 Å². The molecule has 0 bridgehead atoms. The average molecular weight is 257 g/mol. The van der Waals surface area contributed by atoms with E-state index >= 15 is 0 Å². The van der Waals surface area contributed by atoms with Gasteiger partial charge in [-0.3, -0.25) is 4.79 Å². The zero-order valence-electron chi connectivity index (χ0n) is 11.9. The van der Waals surface area contributed by atoms with Crippen molar-refractivity contribution < 1.29 is 4.79 Å². The lowest BCUT2D eigenvalue weighted by molar-refractivity contribution is -0.124. The largest absolute Gasteiger partial charge is 0.351 e. The van der Waals surface area contributed by atoms with Gasteiger partial charge in [0.15, 0.2) is 0 Å². The predicted molar refractivity (Wildman–Crippen MR) is 76.4 cm³/mol. The molecule has 1 saturated carbocycles. The van der Waals surface area contributed by atoms with E-state index in [1.807, 2.05) is 0 Å². The highest BCUT2D eigenvalue weighted by atomic mass is 32.1. The van der Waals surface area contributed by atoms with E-state index in [2.05, 4.69) is 52.6 Å². The molecule has 1 rings (SSSR count). The van der Waals surface area contributed by atoms with Crippen molar-refractivity contribution in [2.45, 2.75) is 65.8 Å². The van der Waals surface area contributed by atoms with Gasteiger partial charge in [-0.15, -0.1) is 0 Å². The quantitative estimate of drug-likeness (QED) is 0.726. The summed E-state index contributed by atoms with van der Waals surface area (Å²) in [6.07, 6.45) is 3.94. The molecular formula is C14H27NOS. The first-order chi connectivity index (χ1) is 7.58. The third-order valence-electron chi connectivity index (χ3n) is 3.28. The summed E-state index contributed by atoms with van der Waals surface area (Å²) in [6.45, 7) is 10.8. The normalized spacial score (nSPS) is 18.9. The Bertz CT molecular complexity index is 287. The molecular weight excluding hydrogens is 230 g/mol. The van der Waals surface area contributed by atoms with Gasteiger partial charge in [-0.25, -0.2) is 0 Å². The van der Waals surface area contributed by atoms with Crippen LogP contribution in [0.1, 0.15) is 60.3 Å². The zero-order valence-corrected chi connectivity index (χ0v) is 12.8. The van der Waals surface area contributed by atoms with Gasteiger partial charge in [0, 0.05) is 12.0 Å². The minimum Gasteiger partial charge on any atom is -0.351 e. The highest BCUT2D eigenvalue weighted by Gasteiger charge is 2.43. The Morgan fingerprint density at radius 1 is 1.24 bits per heavy atom. The van der Waals surface area contributed by atoms with Crippen molar-refractivity contribution in [3.8, 4) is 0 Å². The van der Waals surface area contributed by atoms with Gasteiger partial charge in [-0.05, 0) is 49.7 Å². The first-order valence-electron chi connectivity index (χ1n) is 6.50. The molecule has 1 fully saturated rings. The summed E-state index contributed by atoms with van der Waals surface area (Å²) >= 11 is 4.34. The zero-order chi connectivity index (χ0) is 13.3. The van der Waals surface area contributed by atoms with Crippen molar-refractivity contribution in [1.82, 2.24) is 5.32 Å². The van der Waals surface area contributed by atoms with Crippen molar-refractivity contribution in [2.75, 3.05) is 5.75 Å². The Labute approximate surface area is 111 Å². The van der Waals surface area contributed by atoms with Crippen molar-refractivity contribution in [3.63, 3.8) is 0 Å². The Kier molecular flexibility index (Phi) is 4.23. The lowest BCUT2D eigenvalue weighted by Gasteiger charge is -2.33. The summed E-state index contributed by atoms with van der Waals surface area (Å²) in [5.74, 6) is 1.02. The fourth-order valence-electron chi connectivity index (χ4n) is 2.70. The fourth-order valence-corrected chi connectivity index (χ4v) is 3.13. The molecule has 0 aliphatic heterocycles. The van der Waals surface area contributed by atoms with Gasteiger partial charge >= 0.3 is 0 Å². The first-order valence-corrected chi connectivity index (χ1v) is 7.13. The molecule has 3 heteroatoms. The van der Waals surface area contributed by atoms with Crippen LogP contribution in [-0.2, 0) is 4.79 Å². The maximum atomic E-state index is 12.0. The molecule has 0 unspecified atom stereocenters. The van der Waals surface area contributed by atoms with Crippen LogP contribution < -0.4 is 5.32 Å². The molecule has 0 radical (unpaired) electrons. The summed E-state index contributed by atoms with van der Waals surface area (Å²) < 4.78 is 0. The molecule has 0 saturated heterocycles. The standard InChI is InChI=1S/C14H27NOS/c1-12(2,3)9-13(4,5)15-11(16)8-14(10-17)6-7-14/h17H,6-10H2,1-5H3,(H,15,16). The van der Waals surface area contributed by atoms with E-state index in [0.717, 1.165) is 25.0 Å². The highest BCUT2D eigenvalue weighted by molar-refractivity contribution is 7.80. The van der Waals surface area contributed by atoms with Crippen molar-refractivity contribution >= 4 is 18.5 Å². The number of thiol groups is 1. The second kappa shape index (κ2) is 4.83. The van der Waals surface area contributed by atoms with Crippen LogP contribution in [0.5, 0.6) is 0 Å². The first kappa shape index (κ1) is 14.9. The van der Waals surface area contributed by atoms with E-state index in [9.17, 15) is 4.79 Å². The van der Waals surface area contributed by atoms with Crippen LogP contribution in [0.15, 0.2) is 0 Å². The lowest BCUT2D eigenvalue weighted by Crippen LogP contribution is -2.46. The Hall–Kier alpha value is -0.180. The van der Waals surface area contributed by atoms with E-state index < -0.39 is 0 Å². The summed E-state index contributed by atoms with van der Waals surface area (Å²) in [7, 11) is 0. The molecule has 0 spiro atoms. The summed E-state index contributed by atoms with van der Waals surface area (Å²) in [6, 6.07) is 0. The van der Waals surface area contributed by atoms with E-state index in [-0.39, 0.29) is 22.3 Å². The second-order valence-electron chi connectivity index (χ2n) is 7.50. The van der Waals surface area contributed by atoms with Crippen LogP contribution in [0, 0.1) is 10.8 Å². The molecule has 0 aromatic carbocycles. The lowest BCUT2D eigenvalue weighted by atomic mass is 9.81. The van der Waals surface area contributed by atoms with Crippen LogP contribution in [0.3, 0.4) is 0 Å². The molecule has 1 aliphatic rings. The average Bonchev–Trinajstić information content (AvgIpc) is 2.78. The molecule has 0 aromatic rings. The van der Waals surface area contributed by atoms with Crippen molar-refractivity contribution in [3.05, 3.63) is 0 Å². The van der Waals surface area contributed by atoms with Crippen LogP contribution in [0.2, 0.25) is 0 Å². The number of carbonyl (C=O) groups is 1. The minimum atomic E-state index is -0.123. The van der Waals surface area contributed by atoms with E-state index in [1.54, 1.807) is 0 Å². The highest BCUT2D eigenvalue weighted by Crippen LogP contribution is 2.49. The van der Waals surface area contributed by atoms with Crippen molar-refractivity contribution in [2.24, 2.45) is 10.8 Å². The molecule has 1 N–H and O–H groups in total. The second-order valence-corrected chi connectivity index (χ2v) is 7.82. The Morgan fingerprint density at radius 2 is 1.76 bits per heavy atom. The summed E-state index contributed by atoms with van der Waals surface area (Å²) in [5, 5.41) is 3.17. The number of hydrogen-bond donors (Lipinski definition) is 2. The number of carbonyl (C=O) groups excluding carboxylic acids is 1.